The SMILES string of the molecule is C#CCn1c(=O)[nH]c2sc(C)cc2c1=O. The summed E-state index contributed by atoms with van der Waals surface area (Å²) >= 11 is 1.39. The zero-order valence-corrected chi connectivity index (χ0v) is 8.85. The van der Waals surface area contributed by atoms with Crippen LogP contribution in [0.3, 0.4) is 0 Å². The number of nitrogens with zero attached hydrogens (tertiary/aromatic N) is 1. The molecule has 5 heteroatoms. The van der Waals surface area contributed by atoms with E-state index in [-0.39, 0.29) is 12.1 Å². The summed E-state index contributed by atoms with van der Waals surface area (Å²) in [6, 6.07) is 1.76. The van der Waals surface area contributed by atoms with Gasteiger partial charge >= 0.3 is 5.69 Å². The number of hydrogen-bond acceptors (Lipinski definition) is 3. The van der Waals surface area contributed by atoms with Gasteiger partial charge in [0, 0.05) is 4.88 Å². The number of hydrogen-bond donors (Lipinski definition) is 1. The van der Waals surface area contributed by atoms with Crippen molar-refractivity contribution in [3.05, 3.63) is 31.8 Å². The molecule has 0 saturated carbocycles. The molecule has 2 aromatic heterocycles. The van der Waals surface area contributed by atoms with Gasteiger partial charge in [-0.25, -0.2) is 9.36 Å². The second-order valence-corrected chi connectivity index (χ2v) is 4.38. The summed E-state index contributed by atoms with van der Waals surface area (Å²) in [6.07, 6.45) is 5.09. The molecule has 0 aliphatic carbocycles. The average molecular weight is 220 g/mol. The summed E-state index contributed by atoms with van der Waals surface area (Å²) in [6.45, 7) is 1.88. The molecule has 0 radical (unpaired) electrons. The van der Waals surface area contributed by atoms with E-state index in [2.05, 4.69) is 10.9 Å². The molecule has 0 fully saturated rings. The summed E-state index contributed by atoms with van der Waals surface area (Å²) in [5.41, 5.74) is -0.775. The van der Waals surface area contributed by atoms with E-state index in [9.17, 15) is 9.59 Å². The van der Waals surface area contributed by atoms with Gasteiger partial charge in [0.25, 0.3) is 5.56 Å². The Balaban J connectivity index is 2.91. The Kier molecular flexibility index (Phi) is 2.21. The molecule has 0 saturated heterocycles. The van der Waals surface area contributed by atoms with Crippen LogP contribution in [-0.2, 0) is 6.54 Å². The lowest BCUT2D eigenvalue weighted by molar-refractivity contribution is 0.743. The number of nitrogens with one attached hydrogen (secondary N) is 1. The van der Waals surface area contributed by atoms with E-state index in [0.29, 0.717) is 10.2 Å². The first-order valence-electron chi connectivity index (χ1n) is 4.30. The maximum absolute atomic E-state index is 11.8. The van der Waals surface area contributed by atoms with Crippen LogP contribution in [0.4, 0.5) is 0 Å². The number of aromatic amines is 1. The maximum atomic E-state index is 11.8. The van der Waals surface area contributed by atoms with Gasteiger partial charge in [0.1, 0.15) is 4.83 Å². The van der Waals surface area contributed by atoms with E-state index >= 15 is 0 Å². The largest absolute Gasteiger partial charge is 0.330 e. The molecule has 0 aromatic carbocycles. The molecule has 2 rings (SSSR count). The van der Waals surface area contributed by atoms with Crippen molar-refractivity contribution in [2.45, 2.75) is 13.5 Å². The fraction of sp³-hybridized carbons (Fsp3) is 0.200. The molecule has 0 aliphatic heterocycles. The second kappa shape index (κ2) is 3.41. The Morgan fingerprint density at radius 2 is 2.33 bits per heavy atom. The van der Waals surface area contributed by atoms with Gasteiger partial charge in [-0.3, -0.25) is 9.78 Å². The normalized spacial score (nSPS) is 10.4. The highest BCUT2D eigenvalue weighted by molar-refractivity contribution is 7.18. The van der Waals surface area contributed by atoms with Crippen molar-refractivity contribution in [1.82, 2.24) is 9.55 Å². The molecule has 0 unspecified atom stereocenters. The Bertz CT molecular complexity index is 669. The Labute approximate surface area is 89.2 Å². The fourth-order valence-electron chi connectivity index (χ4n) is 1.40. The van der Waals surface area contributed by atoms with Crippen LogP contribution >= 0.6 is 11.3 Å². The molecule has 1 N–H and O–H groups in total. The van der Waals surface area contributed by atoms with Gasteiger partial charge in [-0.2, -0.15) is 0 Å². The van der Waals surface area contributed by atoms with E-state index in [4.69, 9.17) is 6.42 Å². The number of aryl methyl sites for hydroxylation is 1. The zero-order chi connectivity index (χ0) is 11.0. The fourth-order valence-corrected chi connectivity index (χ4v) is 2.30. The molecule has 0 amide bonds. The van der Waals surface area contributed by atoms with Gasteiger partial charge in [-0.1, -0.05) is 5.92 Å². The van der Waals surface area contributed by atoms with Crippen molar-refractivity contribution in [2.75, 3.05) is 0 Å². The quantitative estimate of drug-likeness (QED) is 0.719. The summed E-state index contributed by atoms with van der Waals surface area (Å²) < 4.78 is 1.02. The van der Waals surface area contributed by atoms with Crippen LogP contribution in [0.5, 0.6) is 0 Å². The van der Waals surface area contributed by atoms with Crippen LogP contribution in [0, 0.1) is 19.3 Å². The Morgan fingerprint density at radius 1 is 1.60 bits per heavy atom. The summed E-state index contributed by atoms with van der Waals surface area (Å²) in [5.74, 6) is 2.28. The molecular formula is C10H8N2O2S. The minimum Gasteiger partial charge on any atom is -0.298 e. The molecule has 0 bridgehead atoms. The van der Waals surface area contributed by atoms with Crippen molar-refractivity contribution < 1.29 is 0 Å². The van der Waals surface area contributed by atoms with Gasteiger partial charge in [0.2, 0.25) is 0 Å². The van der Waals surface area contributed by atoms with Crippen LogP contribution in [0.1, 0.15) is 4.88 Å². The molecule has 2 aromatic rings. The molecule has 76 valence electrons. The van der Waals surface area contributed by atoms with E-state index in [0.717, 1.165) is 9.44 Å². The highest BCUT2D eigenvalue weighted by Crippen LogP contribution is 2.18. The lowest BCUT2D eigenvalue weighted by Crippen LogP contribution is -2.34. The van der Waals surface area contributed by atoms with E-state index in [1.807, 2.05) is 6.92 Å². The number of aromatic nitrogens is 2. The third-order valence-electron chi connectivity index (χ3n) is 2.05. The molecular weight excluding hydrogens is 212 g/mol. The first-order chi connectivity index (χ1) is 7.13. The van der Waals surface area contributed by atoms with Crippen molar-refractivity contribution >= 4 is 21.6 Å². The smallest absolute Gasteiger partial charge is 0.298 e. The standard InChI is InChI=1S/C10H8N2O2S/c1-3-4-12-9(13)7-5-6(2)15-8(7)11-10(12)14/h1,5H,4H2,2H3,(H,11,14). The molecule has 0 aliphatic rings. The third-order valence-corrected chi connectivity index (χ3v) is 3.01. The van der Waals surface area contributed by atoms with Crippen molar-refractivity contribution in [3.63, 3.8) is 0 Å². The van der Waals surface area contributed by atoms with Gasteiger partial charge in [0.05, 0.1) is 11.9 Å². The number of H-pyrrole nitrogens is 1. The average Bonchev–Trinajstić information content (AvgIpc) is 2.53. The number of thiophene rings is 1. The highest BCUT2D eigenvalue weighted by atomic mass is 32.1. The van der Waals surface area contributed by atoms with E-state index < -0.39 is 5.69 Å². The third kappa shape index (κ3) is 1.49. The van der Waals surface area contributed by atoms with Gasteiger partial charge in [0.15, 0.2) is 0 Å². The summed E-state index contributed by atoms with van der Waals surface area (Å²) in [5, 5.41) is 0.521. The first-order valence-corrected chi connectivity index (χ1v) is 5.12. The molecule has 0 atom stereocenters. The lowest BCUT2D eigenvalue weighted by Gasteiger charge is -1.98. The molecule has 4 nitrogen and oxygen atoms in total. The first kappa shape index (κ1) is 9.74. The number of rotatable bonds is 1. The predicted molar refractivity (Wildman–Crippen MR) is 60.3 cm³/mol. The van der Waals surface area contributed by atoms with Gasteiger partial charge in [-0.05, 0) is 13.0 Å². The lowest BCUT2D eigenvalue weighted by atomic mass is 10.4. The maximum Gasteiger partial charge on any atom is 0.330 e. The topological polar surface area (TPSA) is 54.9 Å². The Hall–Kier alpha value is -1.80. The monoisotopic (exact) mass is 220 g/mol. The van der Waals surface area contributed by atoms with Crippen molar-refractivity contribution in [1.29, 1.82) is 0 Å². The number of fused-ring (bicyclic) bond motifs is 1. The van der Waals surface area contributed by atoms with E-state index in [1.165, 1.54) is 11.3 Å². The second-order valence-electron chi connectivity index (χ2n) is 3.13. The van der Waals surface area contributed by atoms with E-state index in [1.54, 1.807) is 6.07 Å². The minimum atomic E-state index is -0.452. The van der Waals surface area contributed by atoms with Crippen LogP contribution < -0.4 is 11.2 Å². The number of terminal acetylenes is 1. The highest BCUT2D eigenvalue weighted by Gasteiger charge is 2.08. The van der Waals surface area contributed by atoms with Crippen LogP contribution in [-0.4, -0.2) is 9.55 Å². The summed E-state index contributed by atoms with van der Waals surface area (Å²) in [4.78, 5) is 27.5. The predicted octanol–water partition coefficient (Wildman–Crippen LogP) is 0.693. The van der Waals surface area contributed by atoms with Gasteiger partial charge in [-0.15, -0.1) is 17.8 Å². The zero-order valence-electron chi connectivity index (χ0n) is 8.03. The molecule has 2 heterocycles. The van der Waals surface area contributed by atoms with Crippen molar-refractivity contribution in [2.24, 2.45) is 0 Å². The van der Waals surface area contributed by atoms with Gasteiger partial charge < -0.3 is 0 Å². The van der Waals surface area contributed by atoms with Crippen LogP contribution in [0.15, 0.2) is 15.7 Å². The Morgan fingerprint density at radius 3 is 3.00 bits per heavy atom. The van der Waals surface area contributed by atoms with Crippen molar-refractivity contribution in [3.8, 4) is 12.3 Å². The van der Waals surface area contributed by atoms with Crippen LogP contribution in [0.2, 0.25) is 0 Å². The molecule has 0 spiro atoms. The van der Waals surface area contributed by atoms with Crippen LogP contribution in [0.25, 0.3) is 10.2 Å². The molecule has 15 heavy (non-hydrogen) atoms. The summed E-state index contributed by atoms with van der Waals surface area (Å²) in [7, 11) is 0. The minimum absolute atomic E-state index is 0.000991.